The van der Waals surface area contributed by atoms with Gasteiger partial charge in [0.25, 0.3) is 5.56 Å². The summed E-state index contributed by atoms with van der Waals surface area (Å²) in [6.07, 6.45) is 3.00. The van der Waals surface area contributed by atoms with E-state index >= 15 is 0 Å². The number of hydrogen-bond donors (Lipinski definition) is 0. The van der Waals surface area contributed by atoms with Gasteiger partial charge < -0.3 is 18.9 Å². The minimum atomic E-state index is -0.846. The number of ether oxygens (including phenoxy) is 4. The van der Waals surface area contributed by atoms with Crippen LogP contribution in [-0.2, 0) is 19.1 Å². The number of fused-ring (bicyclic) bond motifs is 1. The predicted octanol–water partition coefficient (Wildman–Crippen LogP) is 4.18. The molecule has 1 aromatic heterocycles. The summed E-state index contributed by atoms with van der Waals surface area (Å²) < 4.78 is 23.3. The summed E-state index contributed by atoms with van der Waals surface area (Å²) in [6.45, 7) is 5.72. The Morgan fingerprint density at radius 3 is 2.46 bits per heavy atom. The Balaban J connectivity index is 1.84. The number of methoxy groups -OCH3 is 1. The van der Waals surface area contributed by atoms with Crippen LogP contribution >= 0.6 is 22.9 Å². The number of thiazole rings is 1. The van der Waals surface area contributed by atoms with Crippen LogP contribution in [0.2, 0.25) is 5.02 Å². The Kier molecular flexibility index (Phi) is 10.0. The largest absolute Gasteiger partial charge is 0.496 e. The van der Waals surface area contributed by atoms with Crippen molar-refractivity contribution in [2.45, 2.75) is 39.7 Å². The van der Waals surface area contributed by atoms with Gasteiger partial charge in [0.05, 0.1) is 36.1 Å². The van der Waals surface area contributed by atoms with Crippen LogP contribution in [-0.4, -0.2) is 43.4 Å². The molecule has 0 radical (unpaired) electrons. The summed E-state index contributed by atoms with van der Waals surface area (Å²) in [4.78, 5) is 44.1. The zero-order chi connectivity index (χ0) is 29.5. The maximum atomic E-state index is 13.9. The Morgan fingerprint density at radius 1 is 1.07 bits per heavy atom. The van der Waals surface area contributed by atoms with Crippen molar-refractivity contribution in [2.24, 2.45) is 4.99 Å². The van der Waals surface area contributed by atoms with Crippen LogP contribution in [0.5, 0.6) is 11.5 Å². The van der Waals surface area contributed by atoms with Gasteiger partial charge in [0.15, 0.2) is 11.4 Å². The number of esters is 2. The van der Waals surface area contributed by atoms with Crippen LogP contribution in [0.25, 0.3) is 6.08 Å². The number of allylic oxidation sites excluding steroid dienone is 1. The molecule has 216 valence electrons. The molecule has 1 aliphatic heterocycles. The second-order valence-electron chi connectivity index (χ2n) is 8.96. The first kappa shape index (κ1) is 30.1. The number of halogens is 1. The second kappa shape index (κ2) is 13.6. The van der Waals surface area contributed by atoms with E-state index in [2.05, 4.69) is 0 Å². The molecule has 2 heterocycles. The molecule has 4 rings (SSSR count). The molecule has 3 aromatic rings. The van der Waals surface area contributed by atoms with Gasteiger partial charge in [0.2, 0.25) is 0 Å². The lowest BCUT2D eigenvalue weighted by atomic mass is 9.93. The molecule has 9 nitrogen and oxygen atoms in total. The number of carbonyl (C=O) groups excluding carboxylic acids is 2. The molecule has 0 bridgehead atoms. The van der Waals surface area contributed by atoms with E-state index in [1.165, 1.54) is 23.0 Å². The molecule has 41 heavy (non-hydrogen) atoms. The van der Waals surface area contributed by atoms with Crippen molar-refractivity contribution in [3.8, 4) is 11.5 Å². The third-order valence-corrected chi connectivity index (χ3v) is 7.44. The summed E-state index contributed by atoms with van der Waals surface area (Å²) in [6, 6.07) is 11.2. The first-order chi connectivity index (χ1) is 19.8. The van der Waals surface area contributed by atoms with Crippen molar-refractivity contribution >= 4 is 41.0 Å². The van der Waals surface area contributed by atoms with Gasteiger partial charge >= 0.3 is 11.9 Å². The standard InChI is InChI=1S/C30H31ClN2O7S/c1-5-8-22-26(29(36)39-7-3)27(21-16-19(31)11-14-23(21)37-4)33-28(35)24(41-30(33)32-22)15-18-9-12-20(13-10-18)40-17-25(34)38-6-2/h9-16,27H,5-8,17H2,1-4H3/b24-15+/t27-/m0/s1. The Hall–Kier alpha value is -3.89. The average Bonchev–Trinajstić information content (AvgIpc) is 3.26. The SMILES string of the molecule is CCCC1=C(C(=O)OCC)[C@H](c2cc(Cl)ccc2OC)n2c(s/c(=C/c3ccc(OCC(=O)OCC)cc3)c2=O)=N1. The highest BCUT2D eigenvalue weighted by atomic mass is 35.5. The van der Waals surface area contributed by atoms with E-state index in [-0.39, 0.29) is 31.0 Å². The maximum Gasteiger partial charge on any atom is 0.344 e. The average molecular weight is 599 g/mol. The maximum absolute atomic E-state index is 13.9. The van der Waals surface area contributed by atoms with E-state index in [1.807, 2.05) is 6.92 Å². The zero-order valence-corrected chi connectivity index (χ0v) is 24.8. The molecule has 2 aromatic carbocycles. The lowest BCUT2D eigenvalue weighted by molar-refractivity contribution is -0.145. The Morgan fingerprint density at radius 2 is 1.80 bits per heavy atom. The third-order valence-electron chi connectivity index (χ3n) is 6.22. The highest BCUT2D eigenvalue weighted by Gasteiger charge is 2.36. The number of hydrogen-bond acceptors (Lipinski definition) is 9. The molecule has 11 heteroatoms. The number of aromatic nitrogens is 1. The molecule has 0 N–H and O–H groups in total. The lowest BCUT2D eigenvalue weighted by Crippen LogP contribution is -2.40. The molecule has 0 amide bonds. The van der Waals surface area contributed by atoms with Gasteiger partial charge in [-0.25, -0.2) is 14.6 Å². The smallest absolute Gasteiger partial charge is 0.344 e. The predicted molar refractivity (Wildman–Crippen MR) is 156 cm³/mol. The molecule has 1 atom stereocenters. The van der Waals surface area contributed by atoms with Gasteiger partial charge in [-0.15, -0.1) is 0 Å². The van der Waals surface area contributed by atoms with E-state index in [0.29, 0.717) is 43.5 Å². The molecule has 0 spiro atoms. The molecule has 0 saturated carbocycles. The van der Waals surface area contributed by atoms with E-state index < -0.39 is 18.0 Å². The normalized spacial score (nSPS) is 14.8. The van der Waals surface area contributed by atoms with Crippen molar-refractivity contribution in [1.29, 1.82) is 0 Å². The van der Waals surface area contributed by atoms with Crippen molar-refractivity contribution in [1.82, 2.24) is 4.57 Å². The monoisotopic (exact) mass is 598 g/mol. The highest BCUT2D eigenvalue weighted by Crippen LogP contribution is 2.38. The van der Waals surface area contributed by atoms with Gasteiger partial charge in [-0.2, -0.15) is 0 Å². The van der Waals surface area contributed by atoms with Crippen molar-refractivity contribution in [3.05, 3.63) is 89.6 Å². The molecule has 0 saturated heterocycles. The van der Waals surface area contributed by atoms with Crippen LogP contribution in [0.1, 0.15) is 50.8 Å². The first-order valence-corrected chi connectivity index (χ1v) is 14.4. The summed E-state index contributed by atoms with van der Waals surface area (Å²) in [5.74, 6) is -0.0208. The number of carbonyl (C=O) groups is 2. The topological polar surface area (TPSA) is 105 Å². The minimum absolute atomic E-state index is 0.172. The molecule has 0 unspecified atom stereocenters. The Labute approximate surface area is 246 Å². The van der Waals surface area contributed by atoms with Gasteiger partial charge in [-0.1, -0.05) is 48.4 Å². The molecule has 0 fully saturated rings. The first-order valence-electron chi connectivity index (χ1n) is 13.2. The summed E-state index contributed by atoms with van der Waals surface area (Å²) in [5, 5.41) is 0.436. The van der Waals surface area contributed by atoms with Gasteiger partial charge in [-0.3, -0.25) is 9.36 Å². The molecule has 1 aliphatic rings. The fraction of sp³-hybridized carbons (Fsp3) is 0.333. The van der Waals surface area contributed by atoms with E-state index in [4.69, 9.17) is 35.5 Å². The molecular formula is C30H31ClN2O7S. The quantitative estimate of drug-likeness (QED) is 0.305. The minimum Gasteiger partial charge on any atom is -0.496 e. The van der Waals surface area contributed by atoms with Crippen LogP contribution in [0.3, 0.4) is 0 Å². The number of rotatable bonds is 11. The van der Waals surface area contributed by atoms with Gasteiger partial charge in [0.1, 0.15) is 17.5 Å². The van der Waals surface area contributed by atoms with Crippen molar-refractivity contribution in [3.63, 3.8) is 0 Å². The lowest BCUT2D eigenvalue weighted by Gasteiger charge is -2.27. The third kappa shape index (κ3) is 6.71. The van der Waals surface area contributed by atoms with Crippen LogP contribution in [0.4, 0.5) is 0 Å². The van der Waals surface area contributed by atoms with Crippen molar-refractivity contribution < 1.29 is 28.5 Å². The van der Waals surface area contributed by atoms with Crippen LogP contribution in [0.15, 0.2) is 63.5 Å². The van der Waals surface area contributed by atoms with E-state index in [1.54, 1.807) is 62.4 Å². The molecule has 0 aliphatic carbocycles. The number of benzene rings is 2. The summed E-state index contributed by atoms with van der Waals surface area (Å²) >= 11 is 7.62. The van der Waals surface area contributed by atoms with Crippen LogP contribution < -0.4 is 24.4 Å². The fourth-order valence-corrected chi connectivity index (χ4v) is 5.69. The molecular weight excluding hydrogens is 568 g/mol. The zero-order valence-electron chi connectivity index (χ0n) is 23.3. The number of nitrogens with zero attached hydrogens (tertiary/aromatic N) is 2. The Bertz CT molecular complexity index is 1640. The summed E-state index contributed by atoms with van der Waals surface area (Å²) in [5.41, 5.74) is 1.84. The summed E-state index contributed by atoms with van der Waals surface area (Å²) in [7, 11) is 1.53. The van der Waals surface area contributed by atoms with E-state index in [9.17, 15) is 14.4 Å². The second-order valence-corrected chi connectivity index (χ2v) is 10.4. The van der Waals surface area contributed by atoms with E-state index in [0.717, 1.165) is 12.0 Å². The highest BCUT2D eigenvalue weighted by molar-refractivity contribution is 7.07. The van der Waals surface area contributed by atoms with Crippen molar-refractivity contribution in [2.75, 3.05) is 26.9 Å². The van der Waals surface area contributed by atoms with Crippen LogP contribution in [0, 0.1) is 0 Å². The van der Waals surface area contributed by atoms with Gasteiger partial charge in [-0.05, 0) is 62.2 Å². The fourth-order valence-electron chi connectivity index (χ4n) is 4.49. The van der Waals surface area contributed by atoms with Gasteiger partial charge in [0, 0.05) is 10.6 Å².